The maximum absolute atomic E-state index is 13.4. The molecule has 2 aromatic heterocycles. The van der Waals surface area contributed by atoms with Crippen LogP contribution in [0.1, 0.15) is 27.8 Å². The van der Waals surface area contributed by atoms with Gasteiger partial charge in [0.05, 0.1) is 5.71 Å². The van der Waals surface area contributed by atoms with Crippen molar-refractivity contribution in [1.82, 2.24) is 9.38 Å². The number of benzene rings is 2. The molecule has 0 unspecified atom stereocenters. The van der Waals surface area contributed by atoms with Crippen LogP contribution in [0.3, 0.4) is 0 Å². The molecule has 0 aliphatic rings. The summed E-state index contributed by atoms with van der Waals surface area (Å²) in [5, 5.41) is 12.1. The fraction of sp³-hybridized carbons (Fsp3) is 0.125. The topological polar surface area (TPSA) is 70.2 Å². The van der Waals surface area contributed by atoms with E-state index < -0.39 is 0 Å². The molecule has 0 saturated carbocycles. The van der Waals surface area contributed by atoms with Crippen molar-refractivity contribution >= 4 is 22.9 Å². The Morgan fingerprint density at radius 2 is 1.69 bits per heavy atom. The summed E-state index contributed by atoms with van der Waals surface area (Å²) in [5.74, 6) is 0.390. The van der Waals surface area contributed by atoms with Gasteiger partial charge in [0, 0.05) is 17.4 Å². The van der Waals surface area contributed by atoms with Crippen LogP contribution in [-0.4, -0.2) is 15.1 Å². The predicted molar refractivity (Wildman–Crippen MR) is 118 cm³/mol. The van der Waals surface area contributed by atoms with Gasteiger partial charge in [-0.15, -0.1) is 0 Å². The lowest BCUT2D eigenvalue weighted by atomic mass is 10.0. The first kappa shape index (κ1) is 18.6. The molecule has 5 heteroatoms. The van der Waals surface area contributed by atoms with E-state index in [9.17, 15) is 4.79 Å². The standard InChI is InChI=1S/C24H22N4O/c1-15-7-4-10-18(13-15)21(25)20-22(26-19-11-5-8-16(2)14-19)27-23-17(3)9-6-12-28(23)24(20)29/h4-14,25-26H,1-3H3. The van der Waals surface area contributed by atoms with E-state index in [0.29, 0.717) is 17.0 Å². The minimum atomic E-state index is -0.264. The first-order valence-electron chi connectivity index (χ1n) is 9.45. The van der Waals surface area contributed by atoms with E-state index in [2.05, 4.69) is 5.32 Å². The molecule has 0 fully saturated rings. The number of nitrogens with zero attached hydrogens (tertiary/aromatic N) is 2. The Morgan fingerprint density at radius 3 is 2.41 bits per heavy atom. The minimum absolute atomic E-state index is 0.150. The number of aryl methyl sites for hydroxylation is 3. The van der Waals surface area contributed by atoms with Crippen molar-refractivity contribution < 1.29 is 0 Å². The van der Waals surface area contributed by atoms with E-state index in [1.165, 1.54) is 4.40 Å². The van der Waals surface area contributed by atoms with Crippen molar-refractivity contribution in [3.8, 4) is 0 Å². The highest BCUT2D eigenvalue weighted by atomic mass is 16.1. The number of rotatable bonds is 4. The number of pyridine rings is 1. The average molecular weight is 382 g/mol. The summed E-state index contributed by atoms with van der Waals surface area (Å²) < 4.78 is 1.51. The van der Waals surface area contributed by atoms with Gasteiger partial charge in [-0.1, -0.05) is 42.0 Å². The normalized spacial score (nSPS) is 10.9. The van der Waals surface area contributed by atoms with E-state index in [1.807, 2.05) is 81.4 Å². The molecule has 2 N–H and O–H groups in total. The number of anilines is 2. The first-order valence-corrected chi connectivity index (χ1v) is 9.45. The van der Waals surface area contributed by atoms with Crippen molar-refractivity contribution in [2.24, 2.45) is 0 Å². The summed E-state index contributed by atoms with van der Waals surface area (Å²) in [6, 6.07) is 19.2. The van der Waals surface area contributed by atoms with Gasteiger partial charge >= 0.3 is 0 Å². The maximum Gasteiger partial charge on any atom is 0.269 e. The Kier molecular flexibility index (Phi) is 4.72. The smallest absolute Gasteiger partial charge is 0.269 e. The number of hydrogen-bond acceptors (Lipinski definition) is 4. The van der Waals surface area contributed by atoms with Gasteiger partial charge in [-0.3, -0.25) is 14.6 Å². The Balaban J connectivity index is 1.96. The molecule has 0 aliphatic carbocycles. The number of hydrogen-bond donors (Lipinski definition) is 2. The van der Waals surface area contributed by atoms with Gasteiger partial charge in [0.2, 0.25) is 0 Å². The summed E-state index contributed by atoms with van der Waals surface area (Å²) >= 11 is 0. The van der Waals surface area contributed by atoms with E-state index in [0.717, 1.165) is 22.4 Å². The molecular weight excluding hydrogens is 360 g/mol. The van der Waals surface area contributed by atoms with Crippen molar-refractivity contribution in [2.45, 2.75) is 20.8 Å². The largest absolute Gasteiger partial charge is 0.339 e. The van der Waals surface area contributed by atoms with Gasteiger partial charge in [0.1, 0.15) is 17.0 Å². The van der Waals surface area contributed by atoms with Gasteiger partial charge in [0.25, 0.3) is 5.56 Å². The molecular formula is C24H22N4O. The molecule has 0 bridgehead atoms. The van der Waals surface area contributed by atoms with Crippen LogP contribution in [0.4, 0.5) is 11.5 Å². The second-order valence-corrected chi connectivity index (χ2v) is 7.26. The fourth-order valence-corrected chi connectivity index (χ4v) is 3.42. The summed E-state index contributed by atoms with van der Waals surface area (Å²) in [4.78, 5) is 18.1. The molecule has 0 amide bonds. The molecule has 4 rings (SSSR count). The third-order valence-electron chi connectivity index (χ3n) is 4.89. The maximum atomic E-state index is 13.4. The third-order valence-corrected chi connectivity index (χ3v) is 4.89. The zero-order valence-corrected chi connectivity index (χ0v) is 16.7. The molecule has 144 valence electrons. The molecule has 0 radical (unpaired) electrons. The first-order chi connectivity index (χ1) is 13.9. The molecule has 0 saturated heterocycles. The fourth-order valence-electron chi connectivity index (χ4n) is 3.42. The molecule has 0 aliphatic heterocycles. The summed E-state index contributed by atoms with van der Waals surface area (Å²) in [7, 11) is 0. The van der Waals surface area contributed by atoms with Crippen molar-refractivity contribution in [1.29, 1.82) is 5.41 Å². The SMILES string of the molecule is Cc1cccc(Nc2nc3c(C)cccn3c(=O)c2C(=N)c2cccc(C)c2)c1. The van der Waals surface area contributed by atoms with E-state index in [4.69, 9.17) is 10.4 Å². The van der Waals surface area contributed by atoms with Crippen molar-refractivity contribution in [3.63, 3.8) is 0 Å². The zero-order valence-electron chi connectivity index (χ0n) is 16.7. The Bertz CT molecular complexity index is 1300. The van der Waals surface area contributed by atoms with Gasteiger partial charge in [0.15, 0.2) is 0 Å². The van der Waals surface area contributed by atoms with E-state index in [1.54, 1.807) is 6.20 Å². The molecule has 5 nitrogen and oxygen atoms in total. The van der Waals surface area contributed by atoms with Crippen LogP contribution in [0.15, 0.2) is 71.7 Å². The Labute approximate surface area is 169 Å². The van der Waals surface area contributed by atoms with Crippen LogP contribution in [-0.2, 0) is 0 Å². The van der Waals surface area contributed by atoms with Crippen molar-refractivity contribution in [2.75, 3.05) is 5.32 Å². The molecule has 2 aromatic carbocycles. The van der Waals surface area contributed by atoms with Crippen LogP contribution in [0, 0.1) is 26.2 Å². The minimum Gasteiger partial charge on any atom is -0.339 e. The van der Waals surface area contributed by atoms with Crippen molar-refractivity contribution in [3.05, 3.63) is 105 Å². The van der Waals surface area contributed by atoms with E-state index >= 15 is 0 Å². The second-order valence-electron chi connectivity index (χ2n) is 7.26. The third kappa shape index (κ3) is 3.55. The summed E-state index contributed by atoms with van der Waals surface area (Å²) in [6.45, 7) is 5.90. The van der Waals surface area contributed by atoms with Crippen LogP contribution in [0.5, 0.6) is 0 Å². The summed E-state index contributed by atoms with van der Waals surface area (Å²) in [6.07, 6.45) is 1.70. The lowest BCUT2D eigenvalue weighted by Gasteiger charge is -2.15. The highest BCUT2D eigenvalue weighted by Gasteiger charge is 2.19. The molecule has 2 heterocycles. The highest BCUT2D eigenvalue weighted by molar-refractivity contribution is 6.13. The van der Waals surface area contributed by atoms with Crippen LogP contribution in [0.2, 0.25) is 0 Å². The Morgan fingerprint density at radius 1 is 0.966 bits per heavy atom. The predicted octanol–water partition coefficient (Wildman–Crippen LogP) is 4.78. The average Bonchev–Trinajstić information content (AvgIpc) is 2.69. The van der Waals surface area contributed by atoms with Crippen LogP contribution in [0.25, 0.3) is 5.65 Å². The number of aromatic nitrogens is 2. The van der Waals surface area contributed by atoms with Gasteiger partial charge in [-0.25, -0.2) is 4.98 Å². The molecule has 29 heavy (non-hydrogen) atoms. The molecule has 0 atom stereocenters. The molecule has 0 spiro atoms. The zero-order chi connectivity index (χ0) is 20.5. The monoisotopic (exact) mass is 382 g/mol. The lowest BCUT2D eigenvalue weighted by Crippen LogP contribution is -2.26. The van der Waals surface area contributed by atoms with E-state index in [-0.39, 0.29) is 16.8 Å². The van der Waals surface area contributed by atoms with Crippen LogP contribution < -0.4 is 10.9 Å². The second kappa shape index (κ2) is 7.36. The highest BCUT2D eigenvalue weighted by Crippen LogP contribution is 2.22. The van der Waals surface area contributed by atoms with Crippen LogP contribution >= 0.6 is 0 Å². The van der Waals surface area contributed by atoms with Gasteiger partial charge in [-0.05, 0) is 56.2 Å². The van der Waals surface area contributed by atoms with Gasteiger partial charge < -0.3 is 5.32 Å². The quantitative estimate of drug-likeness (QED) is 0.499. The van der Waals surface area contributed by atoms with Gasteiger partial charge in [-0.2, -0.15) is 0 Å². The molecule has 4 aromatic rings. The number of nitrogens with one attached hydrogen (secondary N) is 2. The number of fused-ring (bicyclic) bond motifs is 1. The lowest BCUT2D eigenvalue weighted by molar-refractivity contribution is 1.03. The Hall–Kier alpha value is -3.73. The summed E-state index contributed by atoms with van der Waals surface area (Å²) in [5.41, 5.74) is 5.25.